The summed E-state index contributed by atoms with van der Waals surface area (Å²) < 4.78 is 41.4. The Morgan fingerprint density at radius 2 is 2.09 bits per heavy atom. The molecule has 15 heteroatoms. The molecule has 33 heavy (non-hydrogen) atoms. The van der Waals surface area contributed by atoms with Gasteiger partial charge in [-0.05, 0) is 12.5 Å². The van der Waals surface area contributed by atoms with Crippen molar-refractivity contribution in [2.24, 2.45) is 0 Å². The average molecular weight is 484 g/mol. The van der Waals surface area contributed by atoms with E-state index in [9.17, 15) is 14.7 Å². The molecule has 0 aliphatic heterocycles. The number of hydrogen-bond acceptors (Lipinski definition) is 12. The molecule has 0 aliphatic carbocycles. The summed E-state index contributed by atoms with van der Waals surface area (Å²) in [5.74, 6) is 0.0253. The third kappa shape index (κ3) is 6.48. The van der Waals surface area contributed by atoms with Gasteiger partial charge in [-0.3, -0.25) is 19.2 Å². The summed E-state index contributed by atoms with van der Waals surface area (Å²) in [7, 11) is -2.19. The van der Waals surface area contributed by atoms with Crippen molar-refractivity contribution in [3.63, 3.8) is 0 Å². The quantitative estimate of drug-likeness (QED) is 0.153. The van der Waals surface area contributed by atoms with Crippen LogP contribution in [0.4, 0.5) is 11.8 Å². The minimum Gasteiger partial charge on any atom is -0.479 e. The van der Waals surface area contributed by atoms with Crippen LogP contribution in [0.2, 0.25) is 0 Å². The zero-order valence-corrected chi connectivity index (χ0v) is 19.1. The summed E-state index contributed by atoms with van der Waals surface area (Å²) in [5, 5.41) is 10.7. The highest BCUT2D eigenvalue weighted by atomic mass is 31.2. The number of nitrogens with zero attached hydrogens (tertiary/aromatic N) is 5. The summed E-state index contributed by atoms with van der Waals surface area (Å²) in [5.41, 5.74) is 6.64. The number of nitrogen functional groups attached to an aromatic ring is 1. The third-order valence-electron chi connectivity index (χ3n) is 4.39. The van der Waals surface area contributed by atoms with Crippen molar-refractivity contribution in [2.75, 3.05) is 32.4 Å². The zero-order valence-electron chi connectivity index (χ0n) is 18.2. The molecule has 3 aromatic heterocycles. The first-order valence-electron chi connectivity index (χ1n) is 10.1. The molecule has 0 bridgehead atoms. The van der Waals surface area contributed by atoms with E-state index in [0.717, 1.165) is 6.42 Å². The number of furan rings is 1. The smallest absolute Gasteiger partial charge is 0.433 e. The van der Waals surface area contributed by atoms with Gasteiger partial charge in [0.1, 0.15) is 23.6 Å². The molecule has 0 saturated heterocycles. The highest BCUT2D eigenvalue weighted by Gasteiger charge is 2.26. The molecule has 0 saturated carbocycles. The lowest BCUT2D eigenvalue weighted by Crippen LogP contribution is -2.10. The van der Waals surface area contributed by atoms with E-state index >= 15 is 0 Å². The maximum absolute atomic E-state index is 13.1. The number of fused-ring (bicyclic) bond motifs is 1. The first kappa shape index (κ1) is 24.6. The van der Waals surface area contributed by atoms with Gasteiger partial charge in [-0.25, -0.2) is 4.98 Å². The number of nitro groups is 1. The fraction of sp³-hybridized carbons (Fsp3) is 0.500. The summed E-state index contributed by atoms with van der Waals surface area (Å²) >= 11 is 0. The molecule has 0 radical (unpaired) electrons. The number of hydrogen-bond donors (Lipinski definition) is 1. The van der Waals surface area contributed by atoms with Crippen molar-refractivity contribution >= 4 is 30.6 Å². The Morgan fingerprint density at radius 1 is 1.27 bits per heavy atom. The second kappa shape index (κ2) is 11.2. The van der Waals surface area contributed by atoms with Gasteiger partial charge >= 0.3 is 13.5 Å². The van der Waals surface area contributed by atoms with Gasteiger partial charge in [-0.15, -0.1) is 0 Å². The maximum atomic E-state index is 13.1. The van der Waals surface area contributed by atoms with Gasteiger partial charge in [0.25, 0.3) is 0 Å². The molecule has 0 aliphatic rings. The third-order valence-corrected chi connectivity index (χ3v) is 5.98. The fourth-order valence-electron chi connectivity index (χ4n) is 2.74. The summed E-state index contributed by atoms with van der Waals surface area (Å²) in [6, 6.07) is 2.57. The van der Waals surface area contributed by atoms with E-state index in [1.165, 1.54) is 19.2 Å². The lowest BCUT2D eigenvalue weighted by atomic mass is 10.4. The molecule has 14 nitrogen and oxygen atoms in total. The molecular formula is C18H25N6O8P. The van der Waals surface area contributed by atoms with Crippen LogP contribution in [-0.2, 0) is 31.5 Å². The number of imidazole rings is 1. The molecule has 3 aromatic rings. The number of rotatable bonds is 14. The zero-order chi connectivity index (χ0) is 23.8. The molecule has 180 valence electrons. The first-order valence-corrected chi connectivity index (χ1v) is 11.8. The molecule has 0 spiro atoms. The Kier molecular flexibility index (Phi) is 8.33. The van der Waals surface area contributed by atoms with Crippen molar-refractivity contribution in [1.82, 2.24) is 19.5 Å². The SMILES string of the molecule is CCCCOP(=O)(COCCn1cnc2c(OC)nc(N)nc21)OCc1ccc([N+](=O)[O-])o1. The van der Waals surface area contributed by atoms with E-state index in [1.54, 1.807) is 10.9 Å². The van der Waals surface area contributed by atoms with Crippen molar-refractivity contribution in [1.29, 1.82) is 0 Å². The monoisotopic (exact) mass is 484 g/mol. The van der Waals surface area contributed by atoms with Crippen LogP contribution in [0.25, 0.3) is 11.2 Å². The van der Waals surface area contributed by atoms with E-state index in [0.29, 0.717) is 24.1 Å². The van der Waals surface area contributed by atoms with E-state index < -0.39 is 18.4 Å². The van der Waals surface area contributed by atoms with Crippen LogP contribution in [0.3, 0.4) is 0 Å². The van der Waals surface area contributed by atoms with Crippen LogP contribution in [0.1, 0.15) is 25.5 Å². The number of aromatic nitrogens is 4. The standard InChI is InChI=1S/C18H25N6O8P/c1-3-4-8-30-33(27,31-10-13-5-6-14(32-13)24(25)26)12-29-9-7-23-11-20-15-16(23)21-18(19)22-17(15)28-2/h5-6,11H,3-4,7-10,12H2,1-2H3,(H2,19,21,22). The van der Waals surface area contributed by atoms with E-state index in [-0.39, 0.29) is 43.8 Å². The molecule has 1 unspecified atom stereocenters. The van der Waals surface area contributed by atoms with Crippen molar-refractivity contribution in [3.05, 3.63) is 34.3 Å². The lowest BCUT2D eigenvalue weighted by molar-refractivity contribution is -0.402. The van der Waals surface area contributed by atoms with E-state index in [2.05, 4.69) is 15.0 Å². The molecule has 0 aromatic carbocycles. The molecular weight excluding hydrogens is 459 g/mol. The largest absolute Gasteiger partial charge is 0.479 e. The van der Waals surface area contributed by atoms with Crippen LogP contribution < -0.4 is 10.5 Å². The van der Waals surface area contributed by atoms with Crippen LogP contribution >= 0.6 is 7.60 Å². The second-order valence-electron chi connectivity index (χ2n) is 6.81. The van der Waals surface area contributed by atoms with Crippen molar-refractivity contribution < 1.29 is 32.4 Å². The van der Waals surface area contributed by atoms with Gasteiger partial charge in [0.15, 0.2) is 11.2 Å². The highest BCUT2D eigenvalue weighted by molar-refractivity contribution is 7.53. The summed E-state index contributed by atoms with van der Waals surface area (Å²) in [6.07, 6.45) is 2.76. The Morgan fingerprint density at radius 3 is 2.79 bits per heavy atom. The van der Waals surface area contributed by atoms with Crippen LogP contribution in [0.15, 0.2) is 22.9 Å². The molecule has 0 fully saturated rings. The van der Waals surface area contributed by atoms with E-state index in [1.807, 2.05) is 6.92 Å². The van der Waals surface area contributed by atoms with Crippen LogP contribution in [-0.4, -0.2) is 51.1 Å². The minimum atomic E-state index is -3.65. The normalized spacial score (nSPS) is 13.3. The number of ether oxygens (including phenoxy) is 2. The molecule has 3 heterocycles. The Bertz CT molecular complexity index is 1130. The average Bonchev–Trinajstić information content (AvgIpc) is 3.43. The molecule has 3 rings (SSSR count). The molecule has 1 atom stereocenters. The minimum absolute atomic E-state index is 0.0439. The first-order chi connectivity index (χ1) is 15.8. The lowest BCUT2D eigenvalue weighted by Gasteiger charge is -2.18. The molecule has 0 amide bonds. The Hall–Kier alpha value is -3.06. The highest BCUT2D eigenvalue weighted by Crippen LogP contribution is 2.49. The maximum Gasteiger partial charge on any atom is 0.433 e. The van der Waals surface area contributed by atoms with Gasteiger partial charge in [0, 0.05) is 6.54 Å². The van der Waals surface area contributed by atoms with Gasteiger partial charge < -0.3 is 28.7 Å². The van der Waals surface area contributed by atoms with Crippen LogP contribution in [0, 0.1) is 10.1 Å². The predicted molar refractivity (Wildman–Crippen MR) is 116 cm³/mol. The number of methoxy groups -OCH3 is 1. The number of nitrogens with two attached hydrogens (primary N) is 1. The fourth-order valence-corrected chi connectivity index (χ4v) is 4.05. The summed E-state index contributed by atoms with van der Waals surface area (Å²) in [6.45, 7) is 2.40. The van der Waals surface area contributed by atoms with Crippen molar-refractivity contribution in [2.45, 2.75) is 32.9 Å². The topological polar surface area (TPSA) is 180 Å². The summed E-state index contributed by atoms with van der Waals surface area (Å²) in [4.78, 5) is 22.4. The van der Waals surface area contributed by atoms with Gasteiger partial charge in [-0.2, -0.15) is 9.97 Å². The van der Waals surface area contributed by atoms with E-state index in [4.69, 9.17) is 28.7 Å². The predicted octanol–water partition coefficient (Wildman–Crippen LogP) is 3.12. The van der Waals surface area contributed by atoms with Crippen molar-refractivity contribution in [3.8, 4) is 5.88 Å². The number of unbranched alkanes of at least 4 members (excludes halogenated alkanes) is 1. The Labute approximate surface area is 188 Å². The van der Waals surface area contributed by atoms with Crippen LogP contribution in [0.5, 0.6) is 5.88 Å². The van der Waals surface area contributed by atoms with Gasteiger partial charge in [0.2, 0.25) is 11.8 Å². The Balaban J connectivity index is 1.58. The van der Waals surface area contributed by atoms with Gasteiger partial charge in [0.05, 0.1) is 32.7 Å². The number of anilines is 1. The van der Waals surface area contributed by atoms with Gasteiger partial charge in [-0.1, -0.05) is 13.3 Å². The molecule has 2 N–H and O–H groups in total. The second-order valence-corrected chi connectivity index (χ2v) is 8.80.